The summed E-state index contributed by atoms with van der Waals surface area (Å²) in [6.45, 7) is 0.740. The average Bonchev–Trinajstić information content (AvgIpc) is 4.03. The number of aromatic nitrogens is 10. The van der Waals surface area contributed by atoms with Crippen molar-refractivity contribution in [1.29, 1.82) is 0 Å². The summed E-state index contributed by atoms with van der Waals surface area (Å²) in [5, 5.41) is 38.8. The number of aromatic amines is 2. The lowest BCUT2D eigenvalue weighted by Gasteiger charge is -2.11. The zero-order valence-electron chi connectivity index (χ0n) is 31.2. The highest BCUT2D eigenvalue weighted by Gasteiger charge is 2.17. The molecular weight excluding hydrogens is 805 g/mol. The fourth-order valence-electron chi connectivity index (χ4n) is 4.97. The zero-order valence-corrected chi connectivity index (χ0v) is 31.2. The number of pyridine rings is 2. The molecule has 0 aliphatic heterocycles. The Labute approximate surface area is 341 Å². The number of ether oxygens (including phenoxy) is 2. The Balaban J connectivity index is 0.000000170. The monoisotopic (exact) mass is 834 g/mol. The molecule has 61 heavy (non-hydrogen) atoms. The maximum Gasteiger partial charge on any atom is 0.341 e. The highest BCUT2D eigenvalue weighted by Crippen LogP contribution is 2.26. The molecule has 0 radical (unpaired) electrons. The number of rotatable bonds is 11. The number of nitrogens with one attached hydrogen (secondary N) is 3. The van der Waals surface area contributed by atoms with Crippen molar-refractivity contribution in [3.05, 3.63) is 167 Å². The van der Waals surface area contributed by atoms with Crippen LogP contribution in [0.3, 0.4) is 0 Å². The normalized spacial score (nSPS) is 10.4. The largest absolute Gasteiger partial charge is 0.477 e. The van der Waals surface area contributed by atoms with E-state index in [0.717, 1.165) is 58.9 Å². The molecule has 4 aromatic heterocycles. The maximum atomic E-state index is 13.7. The van der Waals surface area contributed by atoms with Crippen LogP contribution in [0.2, 0.25) is 0 Å². The van der Waals surface area contributed by atoms with Gasteiger partial charge in [0.25, 0.3) is 5.91 Å². The molecule has 6 N–H and O–H groups in total. The Kier molecular flexibility index (Phi) is 14.0. The summed E-state index contributed by atoms with van der Waals surface area (Å²) < 4.78 is 62.9. The number of carbonyl (C=O) groups is 2. The second-order valence-corrected chi connectivity index (χ2v) is 12.2. The first-order chi connectivity index (χ1) is 29.5. The summed E-state index contributed by atoms with van der Waals surface area (Å²) >= 11 is 0. The number of amides is 1. The molecule has 8 rings (SSSR count). The standard InChI is InChI=1S/C20H14F2N6O2.C12H7F2NO3.C8H9N5/c21-14-5-7-16(8-6-14)30-20-17(9-15(22)11-24-20)19(29)23-10-12-1-3-13(4-2-12)18-25-27-28-26-18;13-7-1-3-9(4-2-7)18-11-10(12(16)17)5-8(14)6-15-11;9-5-6-1-3-7(4-2-6)8-10-12-13-11-8/h1-9,11H,10H2,(H,23,29)(H,25,26,27,28);1-6H,(H,16,17);1-4H,5,9H2,(H,10,11,12,13). The first kappa shape index (κ1) is 42.2. The molecule has 4 aromatic carbocycles. The van der Waals surface area contributed by atoms with E-state index in [1.54, 1.807) is 24.3 Å². The summed E-state index contributed by atoms with van der Waals surface area (Å²) in [4.78, 5) is 30.9. The topological polar surface area (TPSA) is 246 Å². The number of halogens is 4. The van der Waals surface area contributed by atoms with Gasteiger partial charge >= 0.3 is 5.97 Å². The van der Waals surface area contributed by atoms with E-state index in [4.69, 9.17) is 20.3 Å². The van der Waals surface area contributed by atoms with Gasteiger partial charge in [-0.25, -0.2) is 32.3 Å². The molecular formula is C40H30F4N12O5. The molecule has 21 heteroatoms. The quantitative estimate of drug-likeness (QED) is 0.0881. The van der Waals surface area contributed by atoms with Crippen LogP contribution >= 0.6 is 0 Å². The second kappa shape index (κ2) is 20.3. The molecule has 1 amide bonds. The Morgan fingerprint density at radius 2 is 1.05 bits per heavy atom. The minimum atomic E-state index is -1.36. The molecule has 0 spiro atoms. The van der Waals surface area contributed by atoms with Gasteiger partial charge in [0.15, 0.2) is 0 Å². The van der Waals surface area contributed by atoms with Gasteiger partial charge in [0, 0.05) is 24.2 Å². The van der Waals surface area contributed by atoms with Gasteiger partial charge in [-0.1, -0.05) is 48.5 Å². The molecule has 4 heterocycles. The van der Waals surface area contributed by atoms with E-state index in [9.17, 15) is 27.2 Å². The van der Waals surface area contributed by atoms with Crippen molar-refractivity contribution in [1.82, 2.24) is 56.5 Å². The summed E-state index contributed by atoms with van der Waals surface area (Å²) in [5.74, 6) is -3.09. The highest BCUT2D eigenvalue weighted by atomic mass is 19.1. The van der Waals surface area contributed by atoms with E-state index in [1.807, 2.05) is 24.3 Å². The van der Waals surface area contributed by atoms with Gasteiger partial charge in [-0.05, 0) is 82.2 Å². The van der Waals surface area contributed by atoms with Crippen molar-refractivity contribution in [3.63, 3.8) is 0 Å². The number of carbonyl (C=O) groups excluding carboxylic acids is 1. The highest BCUT2D eigenvalue weighted by molar-refractivity contribution is 5.96. The smallest absolute Gasteiger partial charge is 0.341 e. The SMILES string of the molecule is NCc1ccc(-c2nn[nH]n2)cc1.O=C(NCc1ccc(-c2nn[nH]n2)cc1)c1cc(F)cnc1Oc1ccc(F)cc1.O=C(O)c1cc(F)cnc1Oc1ccc(F)cc1. The Hall–Kier alpha value is -8.46. The minimum Gasteiger partial charge on any atom is -0.477 e. The molecule has 0 aliphatic carbocycles. The lowest BCUT2D eigenvalue weighted by molar-refractivity contribution is 0.0692. The third-order valence-electron chi connectivity index (χ3n) is 7.97. The average molecular weight is 835 g/mol. The molecule has 0 bridgehead atoms. The number of nitrogens with zero attached hydrogens (tertiary/aromatic N) is 8. The number of carboxylic acid groups (broad SMARTS) is 1. The van der Waals surface area contributed by atoms with Crippen LogP contribution in [0.5, 0.6) is 23.3 Å². The molecule has 0 atom stereocenters. The maximum absolute atomic E-state index is 13.7. The molecule has 8 aromatic rings. The number of hydrogen-bond donors (Lipinski definition) is 5. The number of tetrazole rings is 2. The van der Waals surface area contributed by atoms with Crippen molar-refractivity contribution in [3.8, 4) is 46.0 Å². The number of aromatic carboxylic acids is 1. The van der Waals surface area contributed by atoms with Crippen LogP contribution in [0.15, 0.2) is 122 Å². The van der Waals surface area contributed by atoms with Crippen molar-refractivity contribution in [2.45, 2.75) is 13.1 Å². The number of carboxylic acids is 1. The van der Waals surface area contributed by atoms with Gasteiger partial charge in [0.05, 0.1) is 12.4 Å². The minimum absolute atomic E-state index is 0.0808. The first-order valence-electron chi connectivity index (χ1n) is 17.6. The first-order valence-corrected chi connectivity index (χ1v) is 17.6. The predicted octanol–water partition coefficient (Wildman–Crippen LogP) is 6.44. The molecule has 0 fully saturated rings. The second-order valence-electron chi connectivity index (χ2n) is 12.2. The van der Waals surface area contributed by atoms with Crippen LogP contribution in [0.1, 0.15) is 31.8 Å². The number of nitrogens with two attached hydrogens (primary N) is 1. The van der Waals surface area contributed by atoms with Crippen molar-refractivity contribution >= 4 is 11.9 Å². The van der Waals surface area contributed by atoms with Crippen LogP contribution in [0, 0.1) is 23.3 Å². The summed E-state index contributed by atoms with van der Waals surface area (Å²) in [7, 11) is 0. The van der Waals surface area contributed by atoms with Gasteiger partial charge < -0.3 is 25.6 Å². The van der Waals surface area contributed by atoms with E-state index >= 15 is 0 Å². The van der Waals surface area contributed by atoms with Gasteiger partial charge in [-0.15, -0.1) is 20.4 Å². The van der Waals surface area contributed by atoms with Crippen LogP contribution < -0.4 is 20.5 Å². The Morgan fingerprint density at radius 1 is 0.607 bits per heavy atom. The van der Waals surface area contributed by atoms with E-state index in [0.29, 0.717) is 18.2 Å². The molecule has 0 aliphatic rings. The van der Waals surface area contributed by atoms with E-state index in [2.05, 4.69) is 56.5 Å². The van der Waals surface area contributed by atoms with Crippen LogP contribution in [0.25, 0.3) is 22.8 Å². The fraction of sp³-hybridized carbons (Fsp3) is 0.0500. The zero-order chi connectivity index (χ0) is 43.1. The van der Waals surface area contributed by atoms with Crippen molar-refractivity contribution in [2.24, 2.45) is 5.73 Å². The van der Waals surface area contributed by atoms with E-state index in [1.165, 1.54) is 36.4 Å². The lowest BCUT2D eigenvalue weighted by atomic mass is 10.1. The van der Waals surface area contributed by atoms with E-state index in [-0.39, 0.29) is 35.4 Å². The van der Waals surface area contributed by atoms with Gasteiger partial charge in [0.2, 0.25) is 23.4 Å². The van der Waals surface area contributed by atoms with Crippen molar-refractivity contribution < 1.29 is 41.7 Å². The number of hydrogen-bond acceptors (Lipinski definition) is 13. The molecule has 17 nitrogen and oxygen atoms in total. The fourth-order valence-corrected chi connectivity index (χ4v) is 4.97. The Bertz CT molecular complexity index is 2660. The van der Waals surface area contributed by atoms with Crippen LogP contribution in [0.4, 0.5) is 17.6 Å². The van der Waals surface area contributed by atoms with E-state index < -0.39 is 40.7 Å². The van der Waals surface area contributed by atoms with Crippen LogP contribution in [-0.2, 0) is 13.1 Å². The molecule has 0 unspecified atom stereocenters. The third-order valence-corrected chi connectivity index (χ3v) is 7.97. The number of benzene rings is 4. The third kappa shape index (κ3) is 12.0. The number of H-pyrrole nitrogens is 2. The summed E-state index contributed by atoms with van der Waals surface area (Å²) in [6, 6.07) is 26.9. The van der Waals surface area contributed by atoms with Gasteiger partial charge in [-0.3, -0.25) is 4.79 Å². The molecule has 0 saturated heterocycles. The van der Waals surface area contributed by atoms with Crippen molar-refractivity contribution in [2.75, 3.05) is 0 Å². The lowest BCUT2D eigenvalue weighted by Crippen LogP contribution is -2.23. The summed E-state index contributed by atoms with van der Waals surface area (Å²) in [5.41, 5.74) is 8.58. The Morgan fingerprint density at radius 3 is 1.48 bits per heavy atom. The summed E-state index contributed by atoms with van der Waals surface area (Å²) in [6.07, 6.45) is 1.78. The molecule has 308 valence electrons. The molecule has 0 saturated carbocycles. The van der Waals surface area contributed by atoms with Crippen LogP contribution in [-0.4, -0.2) is 68.2 Å². The van der Waals surface area contributed by atoms with Gasteiger partial charge in [-0.2, -0.15) is 10.4 Å². The predicted molar refractivity (Wildman–Crippen MR) is 207 cm³/mol. The van der Waals surface area contributed by atoms with Gasteiger partial charge in [0.1, 0.15) is 45.9 Å².